The number of nitrogens with one attached hydrogen (secondary N) is 1. The quantitative estimate of drug-likeness (QED) is 0.742. The van der Waals surface area contributed by atoms with Gasteiger partial charge >= 0.3 is 0 Å². The molecule has 96 valence electrons. The third-order valence-electron chi connectivity index (χ3n) is 3.22. The molecule has 3 N–H and O–H groups in total. The van der Waals surface area contributed by atoms with Gasteiger partial charge in [-0.25, -0.2) is 9.50 Å². The minimum absolute atomic E-state index is 0.229. The summed E-state index contributed by atoms with van der Waals surface area (Å²) in [4.78, 5) is 8.56. The van der Waals surface area contributed by atoms with Crippen molar-refractivity contribution < 1.29 is 0 Å². The first kappa shape index (κ1) is 10.4. The monoisotopic (exact) mass is 255 g/mol. The molecule has 0 spiro atoms. The van der Waals surface area contributed by atoms with Gasteiger partial charge in [-0.1, -0.05) is 0 Å². The maximum Gasteiger partial charge on any atom is 0.240 e. The molecule has 3 heterocycles. The fourth-order valence-electron chi connectivity index (χ4n) is 2.14. The molecular weight excluding hydrogens is 242 g/mol. The van der Waals surface area contributed by atoms with Crippen molar-refractivity contribution in [3.05, 3.63) is 30.9 Å². The van der Waals surface area contributed by atoms with E-state index in [1.165, 1.54) is 12.8 Å². The summed E-state index contributed by atoms with van der Waals surface area (Å²) in [5.41, 5.74) is 6.56. The number of anilines is 3. The molecule has 1 aliphatic carbocycles. The second-order valence-electron chi connectivity index (χ2n) is 4.72. The van der Waals surface area contributed by atoms with Crippen LogP contribution in [0.4, 0.5) is 17.6 Å². The van der Waals surface area contributed by atoms with Gasteiger partial charge in [0.25, 0.3) is 0 Å². The average Bonchev–Trinajstić information content (AvgIpc) is 2.95. The van der Waals surface area contributed by atoms with Crippen LogP contribution in [0.3, 0.4) is 0 Å². The van der Waals surface area contributed by atoms with Crippen LogP contribution in [0, 0.1) is 0 Å². The Morgan fingerprint density at radius 1 is 1.37 bits per heavy atom. The van der Waals surface area contributed by atoms with Crippen molar-refractivity contribution in [3.63, 3.8) is 0 Å². The van der Waals surface area contributed by atoms with E-state index in [2.05, 4.69) is 25.0 Å². The van der Waals surface area contributed by atoms with Crippen molar-refractivity contribution in [1.29, 1.82) is 0 Å². The highest BCUT2D eigenvalue weighted by Crippen LogP contribution is 2.35. The molecule has 19 heavy (non-hydrogen) atoms. The molecule has 0 radical (unpaired) electrons. The molecule has 1 saturated carbocycles. The summed E-state index contributed by atoms with van der Waals surface area (Å²) in [5.74, 6) is 1.67. The average molecular weight is 255 g/mol. The molecule has 0 aliphatic heterocycles. The Balaban J connectivity index is 1.71. The minimum atomic E-state index is 0.229. The third-order valence-corrected chi connectivity index (χ3v) is 3.22. The van der Waals surface area contributed by atoms with Gasteiger partial charge in [0, 0.05) is 18.4 Å². The molecule has 0 unspecified atom stereocenters. The second-order valence-corrected chi connectivity index (χ2v) is 4.72. The van der Waals surface area contributed by atoms with Gasteiger partial charge in [-0.2, -0.15) is 4.98 Å². The Labute approximate surface area is 109 Å². The van der Waals surface area contributed by atoms with E-state index in [4.69, 9.17) is 5.73 Å². The fraction of sp³-hybridized carbons (Fsp3) is 0.250. The summed E-state index contributed by atoms with van der Waals surface area (Å²) >= 11 is 0. The lowest BCUT2D eigenvalue weighted by Gasteiger charge is -2.05. The van der Waals surface area contributed by atoms with Crippen LogP contribution in [0.25, 0.3) is 5.52 Å². The smallest absolute Gasteiger partial charge is 0.240 e. The molecular formula is C12H13N7. The van der Waals surface area contributed by atoms with Gasteiger partial charge in [0.15, 0.2) is 5.82 Å². The lowest BCUT2D eigenvalue weighted by atomic mass is 10.5. The first-order valence-electron chi connectivity index (χ1n) is 6.21. The van der Waals surface area contributed by atoms with E-state index in [1.807, 2.05) is 30.9 Å². The van der Waals surface area contributed by atoms with E-state index in [1.54, 1.807) is 4.52 Å². The summed E-state index contributed by atoms with van der Waals surface area (Å²) in [6.45, 7) is 0. The van der Waals surface area contributed by atoms with E-state index in [9.17, 15) is 0 Å². The Morgan fingerprint density at radius 3 is 3.11 bits per heavy atom. The second kappa shape index (κ2) is 3.71. The molecule has 3 aromatic heterocycles. The highest BCUT2D eigenvalue weighted by Gasteiger charge is 2.23. The molecule has 1 aliphatic rings. The van der Waals surface area contributed by atoms with Gasteiger partial charge in [0.1, 0.15) is 11.3 Å². The van der Waals surface area contributed by atoms with E-state index in [0.29, 0.717) is 11.9 Å². The molecule has 1 fully saturated rings. The number of hydrogen-bond donors (Lipinski definition) is 2. The summed E-state index contributed by atoms with van der Waals surface area (Å²) in [6, 6.07) is 4.45. The van der Waals surface area contributed by atoms with Crippen LogP contribution in [-0.2, 0) is 0 Å². The molecule has 3 aromatic rings. The summed E-state index contributed by atoms with van der Waals surface area (Å²) in [7, 11) is 0. The molecule has 0 bridgehead atoms. The third kappa shape index (κ3) is 1.79. The molecule has 7 heteroatoms. The number of hydrogen-bond acceptors (Lipinski definition) is 5. The van der Waals surface area contributed by atoms with Gasteiger partial charge in [-0.3, -0.25) is 0 Å². The van der Waals surface area contributed by atoms with Crippen LogP contribution in [0.5, 0.6) is 0 Å². The van der Waals surface area contributed by atoms with E-state index >= 15 is 0 Å². The van der Waals surface area contributed by atoms with Crippen LogP contribution < -0.4 is 11.1 Å². The maximum atomic E-state index is 5.69. The van der Waals surface area contributed by atoms with E-state index < -0.39 is 0 Å². The highest BCUT2D eigenvalue weighted by atomic mass is 15.3. The predicted octanol–water partition coefficient (Wildman–Crippen LogP) is 1.59. The van der Waals surface area contributed by atoms with Gasteiger partial charge < -0.3 is 15.6 Å². The minimum Gasteiger partial charge on any atom is -0.366 e. The fourth-order valence-corrected chi connectivity index (χ4v) is 2.14. The van der Waals surface area contributed by atoms with Crippen molar-refractivity contribution >= 4 is 23.1 Å². The summed E-state index contributed by atoms with van der Waals surface area (Å²) in [5, 5.41) is 7.29. The van der Waals surface area contributed by atoms with Crippen LogP contribution in [-0.4, -0.2) is 24.1 Å². The van der Waals surface area contributed by atoms with Crippen LogP contribution in [0.2, 0.25) is 0 Å². The van der Waals surface area contributed by atoms with Gasteiger partial charge in [0.05, 0.1) is 6.33 Å². The van der Waals surface area contributed by atoms with Crippen LogP contribution in [0.1, 0.15) is 18.9 Å². The Kier molecular flexibility index (Phi) is 2.02. The topological polar surface area (TPSA) is 86.1 Å². The van der Waals surface area contributed by atoms with Crippen molar-refractivity contribution in [3.8, 4) is 0 Å². The number of nitrogens with zero attached hydrogens (tertiary/aromatic N) is 5. The zero-order valence-corrected chi connectivity index (χ0v) is 10.2. The molecule has 0 atom stereocenters. The number of fused-ring (bicyclic) bond motifs is 1. The normalized spacial score (nSPS) is 14.9. The SMILES string of the molecule is Nc1nc(Nc2cn(C3CC3)cn2)c2cccn2n1. The number of aromatic nitrogens is 5. The Morgan fingerprint density at radius 2 is 2.26 bits per heavy atom. The zero-order chi connectivity index (χ0) is 12.8. The van der Waals surface area contributed by atoms with Gasteiger partial charge in [-0.15, -0.1) is 5.10 Å². The van der Waals surface area contributed by atoms with E-state index in [-0.39, 0.29) is 5.95 Å². The van der Waals surface area contributed by atoms with Gasteiger partial charge in [0.2, 0.25) is 5.95 Å². The molecule has 0 aromatic carbocycles. The Hall–Kier alpha value is -2.57. The Bertz CT molecular complexity index is 737. The van der Waals surface area contributed by atoms with Crippen molar-refractivity contribution in [2.45, 2.75) is 18.9 Å². The zero-order valence-electron chi connectivity index (χ0n) is 10.2. The van der Waals surface area contributed by atoms with Gasteiger partial charge in [-0.05, 0) is 25.0 Å². The lowest BCUT2D eigenvalue weighted by Crippen LogP contribution is -2.05. The van der Waals surface area contributed by atoms with Crippen LogP contribution >= 0.6 is 0 Å². The number of nitrogens with two attached hydrogens (primary N) is 1. The largest absolute Gasteiger partial charge is 0.366 e. The van der Waals surface area contributed by atoms with Crippen LogP contribution in [0.15, 0.2) is 30.9 Å². The molecule has 0 saturated heterocycles. The number of nitrogen functional groups attached to an aromatic ring is 1. The summed E-state index contributed by atoms with van der Waals surface area (Å²) < 4.78 is 3.82. The van der Waals surface area contributed by atoms with Crippen molar-refractivity contribution in [2.75, 3.05) is 11.1 Å². The first-order chi connectivity index (χ1) is 9.29. The standard InChI is InChI=1S/C12H13N7/c13-12-16-11(9-2-1-5-19(9)17-12)15-10-6-18(7-14-10)8-3-4-8/h1-2,5-8H,3-4H2,(H3,13,15,16,17). The molecule has 4 rings (SSSR count). The highest BCUT2D eigenvalue weighted by molar-refractivity contribution is 5.72. The first-order valence-corrected chi connectivity index (χ1v) is 6.21. The number of rotatable bonds is 3. The van der Waals surface area contributed by atoms with Crippen molar-refractivity contribution in [1.82, 2.24) is 24.1 Å². The van der Waals surface area contributed by atoms with Crippen molar-refractivity contribution in [2.24, 2.45) is 0 Å². The lowest BCUT2D eigenvalue weighted by molar-refractivity contribution is 0.741. The molecule has 7 nitrogen and oxygen atoms in total. The molecule has 0 amide bonds. The number of imidazole rings is 1. The maximum absolute atomic E-state index is 5.69. The summed E-state index contributed by atoms with van der Waals surface area (Å²) in [6.07, 6.45) is 8.15. The predicted molar refractivity (Wildman–Crippen MR) is 71.2 cm³/mol. The van der Waals surface area contributed by atoms with E-state index in [0.717, 1.165) is 11.3 Å².